The number of aromatic amines is 2. The van der Waals surface area contributed by atoms with Crippen molar-refractivity contribution in [1.29, 1.82) is 0 Å². The van der Waals surface area contributed by atoms with Gasteiger partial charge in [-0.2, -0.15) is 5.10 Å². The molecule has 0 aliphatic heterocycles. The molecule has 6 aromatic rings. The van der Waals surface area contributed by atoms with Crippen molar-refractivity contribution in [3.63, 3.8) is 0 Å². The normalized spacial score (nSPS) is 11.7. The first kappa shape index (κ1) is 25.2. The number of methoxy groups -OCH3 is 1. The lowest BCUT2D eigenvalue weighted by atomic mass is 9.95. The molecule has 9 nitrogen and oxygen atoms in total. The molecule has 5 aromatic heterocycles. The number of amides is 1. The number of halogens is 1. The van der Waals surface area contributed by atoms with Crippen LogP contribution in [0.2, 0.25) is 0 Å². The highest BCUT2D eigenvalue weighted by atomic mass is 19.1. The standard InChI is InChI=1S/C30H26FN7O2/c1-30(2,3)29(39)35-19-8-17(13-32-14-19)24-12-23-26(15-34-24)37-38-27(23)25-11-22-21(5-6-33-28(22)36-25)16-7-18(31)10-20(9-16)40-4/h5-15H,1-4H3,(H,33,36)(H,35,39)(H,37,38). The van der Waals surface area contributed by atoms with Gasteiger partial charge in [0.25, 0.3) is 0 Å². The van der Waals surface area contributed by atoms with E-state index >= 15 is 0 Å². The molecule has 6 rings (SSSR count). The minimum Gasteiger partial charge on any atom is -0.497 e. The van der Waals surface area contributed by atoms with Crippen molar-refractivity contribution >= 4 is 33.5 Å². The smallest absolute Gasteiger partial charge is 0.229 e. The van der Waals surface area contributed by atoms with Crippen LogP contribution in [0.1, 0.15) is 20.8 Å². The fourth-order valence-electron chi connectivity index (χ4n) is 4.49. The van der Waals surface area contributed by atoms with E-state index in [1.807, 2.05) is 45.0 Å². The number of hydrogen-bond acceptors (Lipinski definition) is 6. The highest BCUT2D eigenvalue weighted by molar-refractivity contribution is 6.00. The van der Waals surface area contributed by atoms with Crippen LogP contribution in [0.15, 0.2) is 67.3 Å². The lowest BCUT2D eigenvalue weighted by Gasteiger charge is -2.17. The van der Waals surface area contributed by atoms with Crippen LogP contribution >= 0.6 is 0 Å². The average Bonchev–Trinajstić information content (AvgIpc) is 3.56. The van der Waals surface area contributed by atoms with Crippen molar-refractivity contribution < 1.29 is 13.9 Å². The molecule has 0 bridgehead atoms. The summed E-state index contributed by atoms with van der Waals surface area (Å²) < 4.78 is 19.5. The van der Waals surface area contributed by atoms with E-state index in [9.17, 15) is 9.18 Å². The number of aromatic nitrogens is 6. The Kier molecular flexibility index (Phi) is 6.02. The van der Waals surface area contributed by atoms with Gasteiger partial charge in [0.05, 0.1) is 42.1 Å². The van der Waals surface area contributed by atoms with E-state index in [0.29, 0.717) is 34.0 Å². The first-order valence-electron chi connectivity index (χ1n) is 12.6. The van der Waals surface area contributed by atoms with Gasteiger partial charge in [0.1, 0.15) is 22.9 Å². The largest absolute Gasteiger partial charge is 0.497 e. The Bertz CT molecular complexity index is 1900. The molecule has 0 aliphatic carbocycles. The van der Waals surface area contributed by atoms with Crippen LogP contribution in [-0.2, 0) is 4.79 Å². The summed E-state index contributed by atoms with van der Waals surface area (Å²) in [5.74, 6) is -0.0500. The number of anilines is 1. The van der Waals surface area contributed by atoms with Crippen LogP contribution in [0.25, 0.3) is 55.7 Å². The van der Waals surface area contributed by atoms with E-state index in [1.165, 1.54) is 19.2 Å². The number of nitrogens with zero attached hydrogens (tertiary/aromatic N) is 4. The number of fused-ring (bicyclic) bond motifs is 2. The van der Waals surface area contributed by atoms with Crippen LogP contribution in [0, 0.1) is 11.2 Å². The Morgan fingerprint density at radius 1 is 0.975 bits per heavy atom. The van der Waals surface area contributed by atoms with Crippen LogP contribution in [-0.4, -0.2) is 43.2 Å². The summed E-state index contributed by atoms with van der Waals surface area (Å²) in [6.07, 6.45) is 6.71. The van der Waals surface area contributed by atoms with E-state index in [4.69, 9.17) is 4.74 Å². The minimum atomic E-state index is -0.534. The summed E-state index contributed by atoms with van der Waals surface area (Å²) in [7, 11) is 1.51. The molecule has 200 valence electrons. The fraction of sp³-hybridized carbons (Fsp3) is 0.167. The third-order valence-corrected chi connectivity index (χ3v) is 6.63. The fourth-order valence-corrected chi connectivity index (χ4v) is 4.49. The SMILES string of the molecule is COc1cc(F)cc(-c2ccnc3[nH]c(-c4n[nH]c5cnc(-c6cncc(NC(=O)C(C)(C)C)c6)cc45)cc23)c1. The van der Waals surface area contributed by atoms with Gasteiger partial charge in [-0.25, -0.2) is 9.37 Å². The maximum atomic E-state index is 14.3. The molecular weight excluding hydrogens is 509 g/mol. The number of benzene rings is 1. The van der Waals surface area contributed by atoms with Crippen molar-refractivity contribution in [3.05, 3.63) is 73.1 Å². The van der Waals surface area contributed by atoms with E-state index < -0.39 is 5.41 Å². The Morgan fingerprint density at radius 3 is 2.62 bits per heavy atom. The molecule has 1 amide bonds. The Labute approximate surface area is 228 Å². The zero-order valence-corrected chi connectivity index (χ0v) is 22.3. The summed E-state index contributed by atoms with van der Waals surface area (Å²) >= 11 is 0. The monoisotopic (exact) mass is 535 g/mol. The van der Waals surface area contributed by atoms with Gasteiger partial charge in [0.2, 0.25) is 5.91 Å². The van der Waals surface area contributed by atoms with E-state index in [-0.39, 0.29) is 11.7 Å². The molecule has 1 aromatic carbocycles. The first-order chi connectivity index (χ1) is 19.2. The Morgan fingerprint density at radius 2 is 1.82 bits per heavy atom. The van der Waals surface area contributed by atoms with Gasteiger partial charge >= 0.3 is 0 Å². The predicted molar refractivity (Wildman–Crippen MR) is 152 cm³/mol. The minimum absolute atomic E-state index is 0.101. The summed E-state index contributed by atoms with van der Waals surface area (Å²) in [4.78, 5) is 29.2. The van der Waals surface area contributed by atoms with Gasteiger partial charge in [-0.05, 0) is 47.5 Å². The molecule has 0 aliphatic rings. The number of ether oxygens (including phenoxy) is 1. The summed E-state index contributed by atoms with van der Waals surface area (Å²) in [6.45, 7) is 5.56. The number of H-pyrrole nitrogens is 2. The first-order valence-corrected chi connectivity index (χ1v) is 12.6. The molecular formula is C30H26FN7O2. The van der Waals surface area contributed by atoms with Gasteiger partial charge < -0.3 is 15.0 Å². The predicted octanol–water partition coefficient (Wildman–Crippen LogP) is 6.36. The lowest BCUT2D eigenvalue weighted by Crippen LogP contribution is -2.27. The zero-order chi connectivity index (χ0) is 28.0. The van der Waals surface area contributed by atoms with Crippen LogP contribution in [0.5, 0.6) is 5.75 Å². The van der Waals surface area contributed by atoms with Crippen molar-refractivity contribution in [2.75, 3.05) is 12.4 Å². The van der Waals surface area contributed by atoms with Gasteiger partial charge in [0, 0.05) is 40.2 Å². The van der Waals surface area contributed by atoms with Gasteiger partial charge in [-0.1, -0.05) is 20.8 Å². The number of carbonyl (C=O) groups excluding carboxylic acids is 1. The molecule has 40 heavy (non-hydrogen) atoms. The number of rotatable bonds is 5. The molecule has 0 atom stereocenters. The van der Waals surface area contributed by atoms with Crippen LogP contribution in [0.4, 0.5) is 10.1 Å². The van der Waals surface area contributed by atoms with Crippen LogP contribution in [0.3, 0.4) is 0 Å². The maximum absolute atomic E-state index is 14.3. The van der Waals surface area contributed by atoms with Crippen molar-refractivity contribution in [3.8, 4) is 39.5 Å². The second kappa shape index (κ2) is 9.57. The number of pyridine rings is 3. The summed E-state index contributed by atoms with van der Waals surface area (Å²) in [5.41, 5.74) is 5.81. The third-order valence-electron chi connectivity index (χ3n) is 6.63. The highest BCUT2D eigenvalue weighted by Crippen LogP contribution is 2.35. The molecule has 0 saturated heterocycles. The Balaban J connectivity index is 1.40. The average molecular weight is 536 g/mol. The molecule has 0 unspecified atom stereocenters. The lowest BCUT2D eigenvalue weighted by molar-refractivity contribution is -0.123. The second-order valence-electron chi connectivity index (χ2n) is 10.5. The number of carbonyl (C=O) groups is 1. The van der Waals surface area contributed by atoms with E-state index in [1.54, 1.807) is 30.9 Å². The van der Waals surface area contributed by atoms with Crippen molar-refractivity contribution in [2.45, 2.75) is 20.8 Å². The van der Waals surface area contributed by atoms with E-state index in [0.717, 1.165) is 33.1 Å². The second-order valence-corrected chi connectivity index (χ2v) is 10.5. The van der Waals surface area contributed by atoms with E-state index in [2.05, 4.69) is 35.5 Å². The molecule has 0 fully saturated rings. The highest BCUT2D eigenvalue weighted by Gasteiger charge is 2.21. The molecule has 0 saturated carbocycles. The Hall–Kier alpha value is -5.12. The number of nitrogens with one attached hydrogen (secondary N) is 3. The number of hydrogen-bond donors (Lipinski definition) is 3. The molecule has 10 heteroatoms. The zero-order valence-electron chi connectivity index (χ0n) is 22.3. The van der Waals surface area contributed by atoms with Gasteiger partial charge in [-0.3, -0.25) is 19.9 Å². The van der Waals surface area contributed by atoms with Crippen molar-refractivity contribution in [1.82, 2.24) is 30.1 Å². The van der Waals surface area contributed by atoms with Gasteiger partial charge in [0.15, 0.2) is 0 Å². The molecule has 5 heterocycles. The molecule has 3 N–H and O–H groups in total. The summed E-state index contributed by atoms with van der Waals surface area (Å²) in [6, 6.07) is 12.2. The molecule has 0 radical (unpaired) electrons. The third kappa shape index (κ3) is 4.64. The quantitative estimate of drug-likeness (QED) is 0.236. The topological polar surface area (TPSA) is 121 Å². The van der Waals surface area contributed by atoms with Crippen LogP contribution < -0.4 is 10.1 Å². The van der Waals surface area contributed by atoms with Gasteiger partial charge in [-0.15, -0.1) is 0 Å². The maximum Gasteiger partial charge on any atom is 0.229 e. The summed E-state index contributed by atoms with van der Waals surface area (Å²) in [5, 5.41) is 12.2. The molecule has 0 spiro atoms. The van der Waals surface area contributed by atoms with Crippen molar-refractivity contribution in [2.24, 2.45) is 5.41 Å².